The van der Waals surface area contributed by atoms with Crippen LogP contribution in [0, 0.1) is 0 Å². The Labute approximate surface area is 108 Å². The molecule has 1 heterocycles. The Hall–Kier alpha value is -2.64. The molecule has 8 heteroatoms. The number of hydrogen-bond acceptors (Lipinski definition) is 6. The first-order chi connectivity index (χ1) is 9.19. The number of benzene rings is 1. The molecule has 0 saturated carbocycles. The predicted molar refractivity (Wildman–Crippen MR) is 62.8 cm³/mol. The normalized spacial score (nSPS) is 10.2. The number of carboxylic acids is 1. The summed E-state index contributed by atoms with van der Waals surface area (Å²) in [4.78, 5) is 10.6. The van der Waals surface area contributed by atoms with Crippen LogP contribution < -0.4 is 9.47 Å². The minimum atomic E-state index is -1.02. The quantitative estimate of drug-likeness (QED) is 0.803. The van der Waals surface area contributed by atoms with Crippen LogP contribution in [-0.4, -0.2) is 38.4 Å². The SMILES string of the molecule is COc1cccc(OCc2nnnn2CC(=O)O)c1. The second kappa shape index (κ2) is 5.80. The first-order valence-corrected chi connectivity index (χ1v) is 5.42. The van der Waals surface area contributed by atoms with Gasteiger partial charge in [0.05, 0.1) is 7.11 Å². The third-order valence-electron chi connectivity index (χ3n) is 2.30. The van der Waals surface area contributed by atoms with Crippen molar-refractivity contribution in [3.63, 3.8) is 0 Å². The third kappa shape index (κ3) is 3.41. The van der Waals surface area contributed by atoms with Crippen molar-refractivity contribution in [1.82, 2.24) is 20.2 Å². The maximum Gasteiger partial charge on any atom is 0.325 e. The van der Waals surface area contributed by atoms with E-state index in [0.29, 0.717) is 17.3 Å². The largest absolute Gasteiger partial charge is 0.497 e. The zero-order valence-corrected chi connectivity index (χ0v) is 10.2. The van der Waals surface area contributed by atoms with Gasteiger partial charge in [-0.25, -0.2) is 4.68 Å². The van der Waals surface area contributed by atoms with Crippen molar-refractivity contribution in [2.75, 3.05) is 7.11 Å². The van der Waals surface area contributed by atoms with Gasteiger partial charge in [0.2, 0.25) is 0 Å². The number of hydrogen-bond donors (Lipinski definition) is 1. The fourth-order valence-corrected chi connectivity index (χ4v) is 1.42. The first-order valence-electron chi connectivity index (χ1n) is 5.42. The number of aromatic nitrogens is 4. The average molecular weight is 264 g/mol. The summed E-state index contributed by atoms with van der Waals surface area (Å²) in [6, 6.07) is 7.05. The highest BCUT2D eigenvalue weighted by molar-refractivity contribution is 5.66. The van der Waals surface area contributed by atoms with Gasteiger partial charge in [0.25, 0.3) is 0 Å². The van der Waals surface area contributed by atoms with Gasteiger partial charge < -0.3 is 14.6 Å². The molecule has 1 N–H and O–H groups in total. The topological polar surface area (TPSA) is 99.4 Å². The van der Waals surface area contributed by atoms with Crippen molar-refractivity contribution in [2.24, 2.45) is 0 Å². The minimum Gasteiger partial charge on any atom is -0.497 e. The summed E-state index contributed by atoms with van der Waals surface area (Å²) in [5.74, 6) is 0.576. The molecule has 0 radical (unpaired) electrons. The number of ether oxygens (including phenoxy) is 2. The Morgan fingerprint density at radius 3 is 2.95 bits per heavy atom. The van der Waals surface area contributed by atoms with E-state index in [9.17, 15) is 4.79 Å². The highest BCUT2D eigenvalue weighted by atomic mass is 16.5. The van der Waals surface area contributed by atoms with Crippen LogP contribution in [0.15, 0.2) is 24.3 Å². The zero-order chi connectivity index (χ0) is 13.7. The molecule has 0 saturated heterocycles. The molecular weight excluding hydrogens is 252 g/mol. The number of methoxy groups -OCH3 is 1. The maximum atomic E-state index is 10.6. The van der Waals surface area contributed by atoms with Gasteiger partial charge in [-0.05, 0) is 22.6 Å². The number of carbonyl (C=O) groups is 1. The van der Waals surface area contributed by atoms with Gasteiger partial charge in [-0.15, -0.1) is 5.10 Å². The van der Waals surface area contributed by atoms with Crippen LogP contribution in [0.5, 0.6) is 11.5 Å². The lowest BCUT2D eigenvalue weighted by atomic mass is 10.3. The third-order valence-corrected chi connectivity index (χ3v) is 2.30. The Balaban J connectivity index is 2.02. The van der Waals surface area contributed by atoms with Crippen molar-refractivity contribution in [1.29, 1.82) is 0 Å². The summed E-state index contributed by atoms with van der Waals surface area (Å²) in [6.45, 7) is -0.225. The second-order valence-electron chi connectivity index (χ2n) is 3.61. The maximum absolute atomic E-state index is 10.6. The van der Waals surface area contributed by atoms with E-state index in [-0.39, 0.29) is 13.2 Å². The highest BCUT2D eigenvalue weighted by Crippen LogP contribution is 2.19. The molecule has 0 aliphatic carbocycles. The molecule has 0 aliphatic heterocycles. The molecule has 0 fully saturated rings. The fourth-order valence-electron chi connectivity index (χ4n) is 1.42. The fraction of sp³-hybridized carbons (Fsp3) is 0.273. The van der Waals surface area contributed by atoms with Gasteiger partial charge in [0.15, 0.2) is 5.82 Å². The molecule has 100 valence electrons. The van der Waals surface area contributed by atoms with Gasteiger partial charge in [-0.1, -0.05) is 6.07 Å². The van der Waals surface area contributed by atoms with Crippen LogP contribution in [0.1, 0.15) is 5.82 Å². The number of carboxylic acid groups (broad SMARTS) is 1. The van der Waals surface area contributed by atoms with Crippen LogP contribution >= 0.6 is 0 Å². The smallest absolute Gasteiger partial charge is 0.325 e. The van der Waals surface area contributed by atoms with E-state index in [4.69, 9.17) is 14.6 Å². The summed E-state index contributed by atoms with van der Waals surface area (Å²) in [6.07, 6.45) is 0. The molecule has 2 rings (SSSR count). The predicted octanol–water partition coefficient (Wildman–Crippen LogP) is 0.345. The van der Waals surface area contributed by atoms with Crippen molar-refractivity contribution in [3.05, 3.63) is 30.1 Å². The summed E-state index contributed by atoms with van der Waals surface area (Å²) < 4.78 is 11.7. The Morgan fingerprint density at radius 1 is 1.42 bits per heavy atom. The highest BCUT2D eigenvalue weighted by Gasteiger charge is 2.10. The molecule has 8 nitrogen and oxygen atoms in total. The second-order valence-corrected chi connectivity index (χ2v) is 3.61. The first kappa shape index (κ1) is 12.8. The monoisotopic (exact) mass is 264 g/mol. The molecule has 2 aromatic rings. The Kier molecular flexibility index (Phi) is 3.91. The van der Waals surface area contributed by atoms with Gasteiger partial charge in [0.1, 0.15) is 24.7 Å². The van der Waals surface area contributed by atoms with E-state index in [0.717, 1.165) is 0 Å². The van der Waals surface area contributed by atoms with Crippen LogP contribution in [0.25, 0.3) is 0 Å². The van der Waals surface area contributed by atoms with Crippen molar-refractivity contribution in [2.45, 2.75) is 13.2 Å². The zero-order valence-electron chi connectivity index (χ0n) is 10.2. The Morgan fingerprint density at radius 2 is 2.21 bits per heavy atom. The molecule has 19 heavy (non-hydrogen) atoms. The number of tetrazole rings is 1. The summed E-state index contributed by atoms with van der Waals surface area (Å²) >= 11 is 0. The van der Waals surface area contributed by atoms with Crippen molar-refractivity contribution in [3.8, 4) is 11.5 Å². The van der Waals surface area contributed by atoms with Crippen molar-refractivity contribution >= 4 is 5.97 Å². The van der Waals surface area contributed by atoms with Gasteiger partial charge in [0, 0.05) is 6.07 Å². The lowest BCUT2D eigenvalue weighted by molar-refractivity contribution is -0.138. The molecule has 1 aromatic heterocycles. The number of aliphatic carboxylic acids is 1. The van der Waals surface area contributed by atoms with E-state index in [1.807, 2.05) is 0 Å². The lowest BCUT2D eigenvalue weighted by Crippen LogP contribution is -2.14. The van der Waals surface area contributed by atoms with E-state index in [1.165, 1.54) is 4.68 Å². The summed E-state index contributed by atoms with van der Waals surface area (Å²) in [5, 5.41) is 19.4. The molecule has 0 spiro atoms. The molecule has 1 aromatic carbocycles. The van der Waals surface area contributed by atoms with E-state index in [2.05, 4.69) is 15.5 Å². The lowest BCUT2D eigenvalue weighted by Gasteiger charge is -2.07. The molecule has 0 aliphatic rings. The van der Waals surface area contributed by atoms with Gasteiger partial charge in [-0.2, -0.15) is 0 Å². The van der Waals surface area contributed by atoms with E-state index >= 15 is 0 Å². The van der Waals surface area contributed by atoms with E-state index in [1.54, 1.807) is 31.4 Å². The van der Waals surface area contributed by atoms with Crippen LogP contribution in [0.4, 0.5) is 0 Å². The standard InChI is InChI=1S/C11H12N4O4/c1-18-8-3-2-4-9(5-8)19-7-10-12-13-14-15(10)6-11(16)17/h2-5H,6-7H2,1H3,(H,16,17). The van der Waals surface area contributed by atoms with Crippen LogP contribution in [0.2, 0.25) is 0 Å². The van der Waals surface area contributed by atoms with Gasteiger partial charge >= 0.3 is 5.97 Å². The molecule has 0 atom stereocenters. The minimum absolute atomic E-state index is 0.0768. The molecule has 0 unspecified atom stereocenters. The van der Waals surface area contributed by atoms with Crippen LogP contribution in [-0.2, 0) is 17.9 Å². The van der Waals surface area contributed by atoms with E-state index < -0.39 is 5.97 Å². The molecule has 0 bridgehead atoms. The van der Waals surface area contributed by atoms with Crippen molar-refractivity contribution < 1.29 is 19.4 Å². The summed E-state index contributed by atoms with van der Waals surface area (Å²) in [5.41, 5.74) is 0. The molecular formula is C11H12N4O4. The Bertz CT molecular complexity index is 569. The molecule has 0 amide bonds. The van der Waals surface area contributed by atoms with Crippen LogP contribution in [0.3, 0.4) is 0 Å². The number of rotatable bonds is 6. The average Bonchev–Trinajstić information content (AvgIpc) is 2.83. The van der Waals surface area contributed by atoms with Gasteiger partial charge in [-0.3, -0.25) is 4.79 Å². The number of nitrogens with zero attached hydrogens (tertiary/aromatic N) is 4. The summed E-state index contributed by atoms with van der Waals surface area (Å²) in [7, 11) is 1.56.